The zero-order valence-corrected chi connectivity index (χ0v) is 9.95. The molecular weight excluding hydrogens is 219 g/mol. The molecule has 1 fully saturated rings. The van der Waals surface area contributed by atoms with Crippen LogP contribution in [0.4, 0.5) is 4.39 Å². The first-order valence-electron chi connectivity index (χ1n) is 6.03. The molecule has 2 N–H and O–H groups in total. The van der Waals surface area contributed by atoms with Crippen LogP contribution in [0.15, 0.2) is 18.2 Å². The van der Waals surface area contributed by atoms with E-state index in [0.717, 1.165) is 31.5 Å². The summed E-state index contributed by atoms with van der Waals surface area (Å²) in [5.41, 5.74) is 6.91. The zero-order valence-electron chi connectivity index (χ0n) is 9.95. The number of benzene rings is 1. The second-order valence-corrected chi connectivity index (χ2v) is 5.13. The Morgan fingerprint density at radius 1 is 1.41 bits per heavy atom. The maximum absolute atomic E-state index is 13.2. The number of piperidine rings is 1. The fourth-order valence-corrected chi connectivity index (χ4v) is 2.83. The van der Waals surface area contributed by atoms with Crippen molar-refractivity contribution in [2.75, 3.05) is 20.1 Å². The normalized spacial score (nSPS) is 26.9. The van der Waals surface area contributed by atoms with Crippen LogP contribution in [0.1, 0.15) is 24.4 Å². The fourth-order valence-electron chi connectivity index (χ4n) is 2.83. The van der Waals surface area contributed by atoms with Crippen molar-refractivity contribution < 1.29 is 9.13 Å². The van der Waals surface area contributed by atoms with Gasteiger partial charge in [-0.05, 0) is 13.1 Å². The average Bonchev–Trinajstić information content (AvgIpc) is 2.57. The molecule has 92 valence electrons. The van der Waals surface area contributed by atoms with E-state index in [1.165, 1.54) is 12.1 Å². The molecule has 2 aliphatic rings. The lowest BCUT2D eigenvalue weighted by Crippen LogP contribution is -2.50. The molecule has 0 unspecified atom stereocenters. The van der Waals surface area contributed by atoms with Crippen LogP contribution >= 0.6 is 0 Å². The van der Waals surface area contributed by atoms with E-state index < -0.39 is 0 Å². The molecule has 1 atom stereocenters. The number of fused-ring (bicyclic) bond motifs is 1. The van der Waals surface area contributed by atoms with Gasteiger partial charge in [-0.3, -0.25) is 0 Å². The maximum Gasteiger partial charge on any atom is 0.131 e. The van der Waals surface area contributed by atoms with Gasteiger partial charge >= 0.3 is 0 Å². The van der Waals surface area contributed by atoms with Crippen LogP contribution in [0.25, 0.3) is 0 Å². The molecule has 1 spiro atoms. The molecule has 3 nitrogen and oxygen atoms in total. The van der Waals surface area contributed by atoms with Gasteiger partial charge in [0, 0.05) is 37.6 Å². The Hall–Kier alpha value is -1.13. The largest absolute Gasteiger partial charge is 0.485 e. The Morgan fingerprint density at radius 3 is 2.82 bits per heavy atom. The number of rotatable bonds is 0. The SMILES string of the molecule is CN1CCC2(CC1)Oc1cc(F)ccc1[C@H]2N. The quantitative estimate of drug-likeness (QED) is 0.745. The minimum Gasteiger partial charge on any atom is -0.485 e. The molecule has 0 aromatic heterocycles. The van der Waals surface area contributed by atoms with Crippen LogP contribution in [0, 0.1) is 5.82 Å². The smallest absolute Gasteiger partial charge is 0.131 e. The van der Waals surface area contributed by atoms with E-state index in [4.69, 9.17) is 10.5 Å². The van der Waals surface area contributed by atoms with Crippen LogP contribution in [0.3, 0.4) is 0 Å². The van der Waals surface area contributed by atoms with Gasteiger partial charge in [0.25, 0.3) is 0 Å². The van der Waals surface area contributed by atoms with Crippen molar-refractivity contribution in [3.63, 3.8) is 0 Å². The average molecular weight is 236 g/mol. The molecule has 2 heterocycles. The maximum atomic E-state index is 13.2. The standard InChI is InChI=1S/C13H17FN2O/c1-16-6-4-13(5-7-16)12(15)10-3-2-9(14)8-11(10)17-13/h2-3,8,12H,4-7,15H2,1H3/t12-/m1/s1. The lowest BCUT2D eigenvalue weighted by molar-refractivity contribution is 0.00743. The summed E-state index contributed by atoms with van der Waals surface area (Å²) in [5, 5.41) is 0. The van der Waals surface area contributed by atoms with E-state index in [0.29, 0.717) is 5.75 Å². The second kappa shape index (κ2) is 3.68. The van der Waals surface area contributed by atoms with Gasteiger partial charge in [-0.25, -0.2) is 4.39 Å². The second-order valence-electron chi connectivity index (χ2n) is 5.13. The van der Waals surface area contributed by atoms with Crippen molar-refractivity contribution in [2.45, 2.75) is 24.5 Å². The summed E-state index contributed by atoms with van der Waals surface area (Å²) >= 11 is 0. The Bertz CT molecular complexity index is 441. The molecule has 2 aliphatic heterocycles. The van der Waals surface area contributed by atoms with Gasteiger partial charge in [-0.2, -0.15) is 0 Å². The number of hydrogen-bond acceptors (Lipinski definition) is 3. The minimum absolute atomic E-state index is 0.133. The Balaban J connectivity index is 1.92. The third-order valence-corrected chi connectivity index (χ3v) is 4.02. The summed E-state index contributed by atoms with van der Waals surface area (Å²) < 4.78 is 19.2. The van der Waals surface area contributed by atoms with Gasteiger partial charge in [0.1, 0.15) is 17.2 Å². The Kier molecular flexibility index (Phi) is 2.38. The number of likely N-dealkylation sites (tertiary alicyclic amines) is 1. The van der Waals surface area contributed by atoms with Crippen LogP contribution in [-0.4, -0.2) is 30.6 Å². The van der Waals surface area contributed by atoms with E-state index in [1.807, 2.05) is 0 Å². The topological polar surface area (TPSA) is 38.5 Å². The van der Waals surface area contributed by atoms with Gasteiger partial charge in [-0.15, -0.1) is 0 Å². The Labute approximate surface area is 100 Å². The van der Waals surface area contributed by atoms with Gasteiger partial charge < -0.3 is 15.4 Å². The third kappa shape index (κ3) is 1.63. The highest BCUT2D eigenvalue weighted by atomic mass is 19.1. The van der Waals surface area contributed by atoms with Crippen molar-refractivity contribution >= 4 is 0 Å². The number of hydrogen-bond donors (Lipinski definition) is 1. The molecule has 17 heavy (non-hydrogen) atoms. The van der Waals surface area contributed by atoms with Gasteiger partial charge in [0.15, 0.2) is 0 Å². The highest BCUT2D eigenvalue weighted by molar-refractivity contribution is 5.43. The molecular formula is C13H17FN2O. The van der Waals surface area contributed by atoms with Crippen LogP contribution in [-0.2, 0) is 0 Å². The molecule has 3 rings (SSSR count). The van der Waals surface area contributed by atoms with Crippen molar-refractivity contribution in [1.29, 1.82) is 0 Å². The first-order chi connectivity index (χ1) is 8.11. The molecule has 0 amide bonds. The molecule has 0 radical (unpaired) electrons. The number of nitrogens with two attached hydrogens (primary N) is 1. The van der Waals surface area contributed by atoms with E-state index in [2.05, 4.69) is 11.9 Å². The van der Waals surface area contributed by atoms with Crippen LogP contribution in [0.2, 0.25) is 0 Å². The summed E-state index contributed by atoms with van der Waals surface area (Å²) in [4.78, 5) is 2.27. The highest BCUT2D eigenvalue weighted by Crippen LogP contribution is 2.46. The predicted molar refractivity (Wildman–Crippen MR) is 63.4 cm³/mol. The molecule has 1 aromatic rings. The molecule has 0 bridgehead atoms. The number of ether oxygens (including phenoxy) is 1. The molecule has 4 heteroatoms. The van der Waals surface area contributed by atoms with E-state index in [9.17, 15) is 4.39 Å². The van der Waals surface area contributed by atoms with Crippen molar-refractivity contribution in [3.8, 4) is 5.75 Å². The third-order valence-electron chi connectivity index (χ3n) is 4.02. The van der Waals surface area contributed by atoms with Gasteiger partial charge in [0.05, 0.1) is 6.04 Å². The summed E-state index contributed by atoms with van der Waals surface area (Å²) in [6.07, 6.45) is 1.81. The van der Waals surface area contributed by atoms with Crippen LogP contribution < -0.4 is 10.5 Å². The minimum atomic E-state index is -0.317. The van der Waals surface area contributed by atoms with Crippen molar-refractivity contribution in [3.05, 3.63) is 29.6 Å². The molecule has 1 aromatic carbocycles. The summed E-state index contributed by atoms with van der Waals surface area (Å²) in [6.45, 7) is 1.95. The fraction of sp³-hybridized carbons (Fsp3) is 0.538. The lowest BCUT2D eigenvalue weighted by Gasteiger charge is -2.39. The Morgan fingerprint density at radius 2 is 2.12 bits per heavy atom. The highest BCUT2D eigenvalue weighted by Gasteiger charge is 2.47. The van der Waals surface area contributed by atoms with Gasteiger partial charge in [0.2, 0.25) is 0 Å². The summed E-state index contributed by atoms with van der Waals surface area (Å²) in [7, 11) is 2.10. The summed E-state index contributed by atoms with van der Waals surface area (Å²) in [5.74, 6) is 0.364. The van der Waals surface area contributed by atoms with E-state index >= 15 is 0 Å². The number of halogens is 1. The van der Waals surface area contributed by atoms with E-state index in [1.54, 1.807) is 6.07 Å². The van der Waals surface area contributed by atoms with E-state index in [-0.39, 0.29) is 17.5 Å². The monoisotopic (exact) mass is 236 g/mol. The van der Waals surface area contributed by atoms with Gasteiger partial charge in [-0.1, -0.05) is 6.07 Å². The van der Waals surface area contributed by atoms with Crippen LogP contribution in [0.5, 0.6) is 5.75 Å². The zero-order chi connectivity index (χ0) is 12.0. The molecule has 0 aliphatic carbocycles. The van der Waals surface area contributed by atoms with Crippen molar-refractivity contribution in [1.82, 2.24) is 4.90 Å². The first-order valence-corrected chi connectivity index (χ1v) is 6.03. The van der Waals surface area contributed by atoms with Crippen molar-refractivity contribution in [2.24, 2.45) is 5.73 Å². The summed E-state index contributed by atoms with van der Waals surface area (Å²) in [6, 6.07) is 4.52. The molecule has 0 saturated carbocycles. The first kappa shape index (κ1) is 11.0. The predicted octanol–water partition coefficient (Wildman–Crippen LogP) is 1.68. The molecule has 1 saturated heterocycles. The lowest BCUT2D eigenvalue weighted by atomic mass is 9.83. The number of nitrogens with zero attached hydrogens (tertiary/aromatic N) is 1.